The van der Waals surface area contributed by atoms with Gasteiger partial charge in [0.05, 0.1) is 23.8 Å². The van der Waals surface area contributed by atoms with Gasteiger partial charge in [0, 0.05) is 13.1 Å². The predicted molar refractivity (Wildman–Crippen MR) is 104 cm³/mol. The molecule has 1 aromatic heterocycles. The van der Waals surface area contributed by atoms with Crippen LogP contribution in [0.15, 0.2) is 45.9 Å². The third kappa shape index (κ3) is 4.77. The van der Waals surface area contributed by atoms with Gasteiger partial charge in [-0.15, -0.1) is 0 Å². The van der Waals surface area contributed by atoms with Gasteiger partial charge >= 0.3 is 5.91 Å². The number of amides is 2. The van der Waals surface area contributed by atoms with E-state index in [4.69, 9.17) is 9.15 Å². The number of carbonyl (C=O) groups is 2. The summed E-state index contributed by atoms with van der Waals surface area (Å²) >= 11 is 0. The highest BCUT2D eigenvalue weighted by Gasteiger charge is 2.27. The van der Waals surface area contributed by atoms with Crippen LogP contribution in [0.5, 0.6) is 5.75 Å². The van der Waals surface area contributed by atoms with Crippen molar-refractivity contribution in [3.63, 3.8) is 0 Å². The van der Waals surface area contributed by atoms with Crippen LogP contribution in [0.2, 0.25) is 0 Å². The quantitative estimate of drug-likeness (QED) is 0.712. The Morgan fingerprint density at radius 3 is 2.34 bits per heavy atom. The summed E-state index contributed by atoms with van der Waals surface area (Å²) < 4.78 is 37.6. The highest BCUT2D eigenvalue weighted by atomic mass is 32.2. The number of rotatable bonds is 5. The molecule has 0 atom stereocenters. The largest absolute Gasteiger partial charge is 0.496 e. The summed E-state index contributed by atoms with van der Waals surface area (Å²) in [4.78, 5) is 24.5. The number of carbonyl (C=O) groups excluding carboxylic acids is 2. The first-order chi connectivity index (χ1) is 13.9. The first kappa shape index (κ1) is 20.9. The number of hydrogen-bond acceptors (Lipinski definition) is 6. The van der Waals surface area contributed by atoms with Gasteiger partial charge in [-0.1, -0.05) is 12.8 Å². The van der Waals surface area contributed by atoms with E-state index in [1.54, 1.807) is 0 Å². The van der Waals surface area contributed by atoms with Crippen LogP contribution in [0.1, 0.15) is 46.6 Å². The van der Waals surface area contributed by atoms with Gasteiger partial charge in [0.2, 0.25) is 10.0 Å². The highest BCUT2D eigenvalue weighted by Crippen LogP contribution is 2.26. The minimum absolute atomic E-state index is 0.00251. The zero-order valence-corrected chi connectivity index (χ0v) is 16.8. The van der Waals surface area contributed by atoms with Crippen LogP contribution in [-0.4, -0.2) is 44.7 Å². The Hall–Kier alpha value is -2.85. The summed E-state index contributed by atoms with van der Waals surface area (Å²) in [7, 11) is -2.37. The lowest BCUT2D eigenvalue weighted by Gasteiger charge is -2.20. The van der Waals surface area contributed by atoms with Gasteiger partial charge in [0.1, 0.15) is 5.75 Å². The third-order valence-corrected chi connectivity index (χ3v) is 6.55. The maximum Gasteiger partial charge on any atom is 0.305 e. The van der Waals surface area contributed by atoms with Gasteiger partial charge in [-0.25, -0.2) is 8.42 Å². The molecule has 10 heteroatoms. The van der Waals surface area contributed by atoms with Crippen molar-refractivity contribution in [2.45, 2.75) is 30.6 Å². The Balaban J connectivity index is 1.80. The van der Waals surface area contributed by atoms with Gasteiger partial charge in [-0.05, 0) is 43.2 Å². The third-order valence-electron chi connectivity index (χ3n) is 4.65. The summed E-state index contributed by atoms with van der Waals surface area (Å²) in [6, 6.07) is 7.08. The molecule has 0 spiro atoms. The van der Waals surface area contributed by atoms with Crippen LogP contribution < -0.4 is 15.6 Å². The number of nitrogens with zero attached hydrogens (tertiary/aromatic N) is 1. The van der Waals surface area contributed by atoms with Gasteiger partial charge in [-0.2, -0.15) is 4.31 Å². The van der Waals surface area contributed by atoms with E-state index in [1.165, 1.54) is 48.0 Å². The van der Waals surface area contributed by atoms with Crippen LogP contribution in [0, 0.1) is 0 Å². The molecule has 0 bridgehead atoms. The lowest BCUT2D eigenvalue weighted by Crippen LogP contribution is -2.41. The van der Waals surface area contributed by atoms with E-state index in [0.29, 0.717) is 13.1 Å². The Morgan fingerprint density at radius 1 is 1.03 bits per heavy atom. The van der Waals surface area contributed by atoms with E-state index in [1.807, 2.05) is 0 Å². The molecule has 1 saturated heterocycles. The smallest absolute Gasteiger partial charge is 0.305 e. The molecule has 156 valence electrons. The zero-order chi connectivity index (χ0) is 20.9. The van der Waals surface area contributed by atoms with Crippen LogP contribution in [0.4, 0.5) is 0 Å². The van der Waals surface area contributed by atoms with Crippen LogP contribution in [-0.2, 0) is 10.0 Å². The fourth-order valence-electron chi connectivity index (χ4n) is 3.11. The molecule has 0 unspecified atom stereocenters. The second kappa shape index (κ2) is 9.10. The average Bonchev–Trinajstić information content (AvgIpc) is 3.13. The molecule has 2 amide bonds. The topological polar surface area (TPSA) is 118 Å². The van der Waals surface area contributed by atoms with Gasteiger partial charge < -0.3 is 9.15 Å². The van der Waals surface area contributed by atoms with Crippen molar-refractivity contribution in [1.82, 2.24) is 15.2 Å². The molecular weight excluding hydrogens is 398 g/mol. The van der Waals surface area contributed by atoms with Crippen molar-refractivity contribution in [2.75, 3.05) is 20.2 Å². The molecule has 1 aliphatic heterocycles. The Kier molecular flexibility index (Phi) is 6.55. The molecule has 29 heavy (non-hydrogen) atoms. The van der Waals surface area contributed by atoms with Crippen molar-refractivity contribution in [2.24, 2.45) is 0 Å². The lowest BCUT2D eigenvalue weighted by atomic mass is 10.2. The molecule has 1 fully saturated rings. The molecule has 0 saturated carbocycles. The number of methoxy groups -OCH3 is 1. The summed E-state index contributed by atoms with van der Waals surface area (Å²) in [5.74, 6) is -1.15. The van der Waals surface area contributed by atoms with Crippen molar-refractivity contribution in [3.8, 4) is 5.75 Å². The van der Waals surface area contributed by atoms with Crippen molar-refractivity contribution in [3.05, 3.63) is 47.9 Å². The second-order valence-electron chi connectivity index (χ2n) is 6.57. The maximum atomic E-state index is 13.0. The molecule has 0 radical (unpaired) electrons. The van der Waals surface area contributed by atoms with Crippen molar-refractivity contribution >= 4 is 21.8 Å². The molecule has 1 aromatic carbocycles. The first-order valence-corrected chi connectivity index (χ1v) is 10.7. The Morgan fingerprint density at radius 2 is 1.72 bits per heavy atom. The first-order valence-electron chi connectivity index (χ1n) is 9.26. The predicted octanol–water partition coefficient (Wildman–Crippen LogP) is 1.93. The summed E-state index contributed by atoms with van der Waals surface area (Å²) in [6.45, 7) is 0.907. The van der Waals surface area contributed by atoms with E-state index in [0.717, 1.165) is 25.7 Å². The van der Waals surface area contributed by atoms with Crippen LogP contribution in [0.3, 0.4) is 0 Å². The van der Waals surface area contributed by atoms with Gasteiger partial charge in [0.15, 0.2) is 5.76 Å². The maximum absolute atomic E-state index is 13.0. The number of nitrogens with one attached hydrogen (secondary N) is 2. The lowest BCUT2D eigenvalue weighted by molar-refractivity contribution is 0.0829. The fourth-order valence-corrected chi connectivity index (χ4v) is 4.65. The summed E-state index contributed by atoms with van der Waals surface area (Å²) in [6.07, 6.45) is 4.94. The minimum Gasteiger partial charge on any atom is -0.496 e. The number of ether oxygens (including phenoxy) is 1. The Bertz CT molecular complexity index is 964. The number of sulfonamides is 1. The zero-order valence-electron chi connectivity index (χ0n) is 16.0. The minimum atomic E-state index is -3.74. The summed E-state index contributed by atoms with van der Waals surface area (Å²) in [5.41, 5.74) is 4.45. The van der Waals surface area contributed by atoms with E-state index in [9.17, 15) is 18.0 Å². The van der Waals surface area contributed by atoms with Crippen molar-refractivity contribution < 1.29 is 27.2 Å². The second-order valence-corrected chi connectivity index (χ2v) is 8.50. The molecule has 9 nitrogen and oxygen atoms in total. The van der Waals surface area contributed by atoms with Gasteiger partial charge in [0.25, 0.3) is 5.91 Å². The van der Waals surface area contributed by atoms with Crippen LogP contribution in [0.25, 0.3) is 0 Å². The number of hydrazine groups is 1. The molecule has 1 aliphatic rings. The molecule has 3 rings (SSSR count). The number of hydrogen-bond donors (Lipinski definition) is 2. The summed E-state index contributed by atoms with van der Waals surface area (Å²) in [5, 5.41) is 0. The van der Waals surface area contributed by atoms with Crippen LogP contribution >= 0.6 is 0 Å². The molecule has 2 aromatic rings. The van der Waals surface area contributed by atoms with Gasteiger partial charge in [-0.3, -0.25) is 20.4 Å². The SMILES string of the molecule is COc1ccc(S(=O)(=O)N2CCCCCC2)cc1C(=O)NNC(=O)c1ccco1. The number of furan rings is 1. The number of benzene rings is 1. The highest BCUT2D eigenvalue weighted by molar-refractivity contribution is 7.89. The van der Waals surface area contributed by atoms with E-state index >= 15 is 0 Å². The average molecular weight is 421 g/mol. The Labute approximate surface area is 169 Å². The molecule has 0 aliphatic carbocycles. The monoisotopic (exact) mass is 421 g/mol. The normalized spacial score (nSPS) is 15.3. The van der Waals surface area contributed by atoms with E-state index in [-0.39, 0.29) is 22.0 Å². The molecular formula is C19H23N3O6S. The van der Waals surface area contributed by atoms with E-state index in [2.05, 4.69) is 10.9 Å². The molecule has 2 heterocycles. The molecule has 2 N–H and O–H groups in total. The van der Waals surface area contributed by atoms with Crippen molar-refractivity contribution in [1.29, 1.82) is 0 Å². The fraction of sp³-hybridized carbons (Fsp3) is 0.368. The standard InChI is InChI=1S/C19H23N3O6S/c1-27-16-9-8-14(29(25,26)22-10-4-2-3-5-11-22)13-15(16)18(23)20-21-19(24)17-7-6-12-28-17/h6-9,12-13H,2-5,10-11H2,1H3,(H,20,23)(H,21,24). The van der Waals surface area contributed by atoms with E-state index < -0.39 is 21.8 Å².